The predicted molar refractivity (Wildman–Crippen MR) is 76.4 cm³/mol. The molecule has 0 aliphatic heterocycles. The van der Waals surface area contributed by atoms with Crippen LogP contribution in [-0.2, 0) is 10.2 Å². The van der Waals surface area contributed by atoms with Crippen LogP contribution in [0.5, 0.6) is 5.75 Å². The normalized spacial score (nSPS) is 11.1. The van der Waals surface area contributed by atoms with Crippen LogP contribution in [0.15, 0.2) is 48.5 Å². The average Bonchev–Trinajstić information content (AvgIpc) is 2.40. The molecule has 0 aliphatic carbocycles. The molecule has 0 N–H and O–H groups in total. The van der Waals surface area contributed by atoms with Crippen LogP contribution in [0, 0.1) is 6.92 Å². The van der Waals surface area contributed by atoms with E-state index < -0.39 is 0 Å². The van der Waals surface area contributed by atoms with Crippen LogP contribution in [0.25, 0.3) is 0 Å². The zero-order chi connectivity index (χ0) is 13.9. The van der Waals surface area contributed by atoms with Crippen molar-refractivity contribution >= 4 is 6.47 Å². The molecule has 0 heterocycles. The monoisotopic (exact) mass is 254 g/mol. The summed E-state index contributed by atoms with van der Waals surface area (Å²) in [5.41, 5.74) is 3.64. The Labute approximate surface area is 114 Å². The van der Waals surface area contributed by atoms with Gasteiger partial charge in [0.25, 0.3) is 6.47 Å². The SMILES string of the molecule is Cc1cccc(C(C)(C)c2ccc(OC=O)cc2)c1. The maximum absolute atomic E-state index is 10.3. The molecule has 0 saturated carbocycles. The van der Waals surface area contributed by atoms with Crippen molar-refractivity contribution in [1.82, 2.24) is 0 Å². The Morgan fingerprint density at radius 1 is 1.00 bits per heavy atom. The molecule has 0 bridgehead atoms. The van der Waals surface area contributed by atoms with E-state index in [0.29, 0.717) is 12.2 Å². The summed E-state index contributed by atoms with van der Waals surface area (Å²) in [7, 11) is 0. The third kappa shape index (κ3) is 2.84. The Balaban J connectivity index is 2.35. The van der Waals surface area contributed by atoms with Gasteiger partial charge >= 0.3 is 0 Å². The number of carbonyl (C=O) groups is 1. The highest BCUT2D eigenvalue weighted by Gasteiger charge is 2.22. The molecule has 2 aromatic rings. The number of aryl methyl sites for hydroxylation is 1. The van der Waals surface area contributed by atoms with E-state index in [0.717, 1.165) is 0 Å². The van der Waals surface area contributed by atoms with Crippen molar-refractivity contribution in [2.75, 3.05) is 0 Å². The highest BCUT2D eigenvalue weighted by atomic mass is 16.5. The summed E-state index contributed by atoms with van der Waals surface area (Å²) in [5.74, 6) is 0.568. The number of hydrogen-bond donors (Lipinski definition) is 0. The summed E-state index contributed by atoms with van der Waals surface area (Å²) < 4.78 is 4.82. The average molecular weight is 254 g/mol. The molecular formula is C17H18O2. The molecule has 0 unspecified atom stereocenters. The molecule has 2 heteroatoms. The topological polar surface area (TPSA) is 26.3 Å². The largest absolute Gasteiger partial charge is 0.429 e. The number of benzene rings is 2. The highest BCUT2D eigenvalue weighted by Crippen LogP contribution is 2.32. The number of ether oxygens (including phenoxy) is 1. The van der Waals surface area contributed by atoms with Crippen molar-refractivity contribution in [3.63, 3.8) is 0 Å². The molecule has 2 aromatic carbocycles. The molecule has 19 heavy (non-hydrogen) atoms. The summed E-state index contributed by atoms with van der Waals surface area (Å²) in [6, 6.07) is 16.2. The fourth-order valence-electron chi connectivity index (χ4n) is 2.21. The highest BCUT2D eigenvalue weighted by molar-refractivity contribution is 5.47. The van der Waals surface area contributed by atoms with Crippen LogP contribution >= 0.6 is 0 Å². The maximum Gasteiger partial charge on any atom is 0.298 e. The molecule has 0 amide bonds. The molecule has 0 radical (unpaired) electrons. The molecule has 0 atom stereocenters. The zero-order valence-corrected chi connectivity index (χ0v) is 11.5. The first-order valence-corrected chi connectivity index (χ1v) is 6.32. The van der Waals surface area contributed by atoms with E-state index in [-0.39, 0.29) is 5.41 Å². The lowest BCUT2D eigenvalue weighted by molar-refractivity contribution is -0.120. The minimum absolute atomic E-state index is 0.0776. The van der Waals surface area contributed by atoms with Gasteiger partial charge in [-0.3, -0.25) is 4.79 Å². The fourth-order valence-corrected chi connectivity index (χ4v) is 2.21. The Bertz CT molecular complexity index is 568. The van der Waals surface area contributed by atoms with Gasteiger partial charge in [-0.1, -0.05) is 55.8 Å². The predicted octanol–water partition coefficient (Wildman–Crippen LogP) is 3.86. The molecule has 0 aliphatic rings. The van der Waals surface area contributed by atoms with Gasteiger partial charge in [-0.25, -0.2) is 0 Å². The van der Waals surface area contributed by atoms with Crippen LogP contribution in [0.2, 0.25) is 0 Å². The minimum atomic E-state index is -0.0776. The van der Waals surface area contributed by atoms with Crippen LogP contribution in [0.3, 0.4) is 0 Å². The van der Waals surface area contributed by atoms with Gasteiger partial charge in [-0.2, -0.15) is 0 Å². The van der Waals surface area contributed by atoms with Gasteiger partial charge in [-0.15, -0.1) is 0 Å². The third-order valence-electron chi connectivity index (χ3n) is 3.50. The number of hydrogen-bond acceptors (Lipinski definition) is 2. The van der Waals surface area contributed by atoms with E-state index in [1.165, 1.54) is 16.7 Å². The van der Waals surface area contributed by atoms with E-state index in [2.05, 4.69) is 45.0 Å². The summed E-state index contributed by atoms with van der Waals surface area (Å²) in [6.45, 7) is 6.93. The smallest absolute Gasteiger partial charge is 0.298 e. The van der Waals surface area contributed by atoms with Crippen LogP contribution < -0.4 is 4.74 Å². The van der Waals surface area contributed by atoms with Crippen molar-refractivity contribution in [1.29, 1.82) is 0 Å². The van der Waals surface area contributed by atoms with Gasteiger partial charge in [-0.05, 0) is 30.2 Å². The molecule has 0 saturated heterocycles. The first-order chi connectivity index (χ1) is 9.04. The van der Waals surface area contributed by atoms with Crippen molar-refractivity contribution in [2.24, 2.45) is 0 Å². The van der Waals surface area contributed by atoms with Gasteiger partial charge in [0.15, 0.2) is 0 Å². The zero-order valence-electron chi connectivity index (χ0n) is 11.5. The van der Waals surface area contributed by atoms with E-state index >= 15 is 0 Å². The Hall–Kier alpha value is -2.09. The molecular weight excluding hydrogens is 236 g/mol. The first-order valence-electron chi connectivity index (χ1n) is 6.32. The Morgan fingerprint density at radius 2 is 1.68 bits per heavy atom. The van der Waals surface area contributed by atoms with E-state index in [1.54, 1.807) is 0 Å². The van der Waals surface area contributed by atoms with Gasteiger partial charge in [0.05, 0.1) is 0 Å². The van der Waals surface area contributed by atoms with E-state index in [4.69, 9.17) is 4.74 Å². The molecule has 2 nitrogen and oxygen atoms in total. The van der Waals surface area contributed by atoms with Crippen LogP contribution in [-0.4, -0.2) is 6.47 Å². The molecule has 2 rings (SSSR count). The summed E-state index contributed by atoms with van der Waals surface area (Å²) >= 11 is 0. The maximum atomic E-state index is 10.3. The molecule has 0 spiro atoms. The Morgan fingerprint density at radius 3 is 2.26 bits per heavy atom. The quantitative estimate of drug-likeness (QED) is 0.774. The lowest BCUT2D eigenvalue weighted by atomic mass is 9.78. The summed E-state index contributed by atoms with van der Waals surface area (Å²) in [5, 5.41) is 0. The standard InChI is InChI=1S/C17H18O2/c1-13-5-4-6-15(11-13)17(2,3)14-7-9-16(10-8-14)19-12-18/h4-12H,1-3H3. The fraction of sp³-hybridized carbons (Fsp3) is 0.235. The molecule has 0 fully saturated rings. The van der Waals surface area contributed by atoms with Crippen molar-refractivity contribution in [3.8, 4) is 5.75 Å². The van der Waals surface area contributed by atoms with E-state index in [9.17, 15) is 4.79 Å². The summed E-state index contributed by atoms with van der Waals surface area (Å²) in [6.07, 6.45) is 0. The third-order valence-corrected chi connectivity index (χ3v) is 3.50. The summed E-state index contributed by atoms with van der Waals surface area (Å²) in [4.78, 5) is 10.3. The van der Waals surface area contributed by atoms with Gasteiger partial charge < -0.3 is 4.74 Å². The van der Waals surface area contributed by atoms with Crippen molar-refractivity contribution in [3.05, 3.63) is 65.2 Å². The number of carbonyl (C=O) groups excluding carboxylic acids is 1. The second kappa shape index (κ2) is 5.27. The van der Waals surface area contributed by atoms with Crippen LogP contribution in [0.1, 0.15) is 30.5 Å². The van der Waals surface area contributed by atoms with Gasteiger partial charge in [0.1, 0.15) is 5.75 Å². The van der Waals surface area contributed by atoms with Crippen LogP contribution in [0.4, 0.5) is 0 Å². The van der Waals surface area contributed by atoms with Crippen molar-refractivity contribution < 1.29 is 9.53 Å². The number of rotatable bonds is 4. The van der Waals surface area contributed by atoms with Gasteiger partial charge in [0.2, 0.25) is 0 Å². The van der Waals surface area contributed by atoms with E-state index in [1.807, 2.05) is 24.3 Å². The first kappa shape index (κ1) is 13.3. The van der Waals surface area contributed by atoms with Crippen molar-refractivity contribution in [2.45, 2.75) is 26.2 Å². The lowest BCUT2D eigenvalue weighted by Crippen LogP contribution is -2.18. The van der Waals surface area contributed by atoms with Gasteiger partial charge in [0, 0.05) is 5.41 Å². The minimum Gasteiger partial charge on any atom is -0.429 e. The second-order valence-corrected chi connectivity index (χ2v) is 5.23. The molecule has 98 valence electrons. The second-order valence-electron chi connectivity index (χ2n) is 5.23. The Kier molecular flexibility index (Phi) is 3.70. The molecule has 0 aromatic heterocycles. The lowest BCUT2D eigenvalue weighted by Gasteiger charge is -2.26.